The van der Waals surface area contributed by atoms with Gasteiger partial charge in [-0.1, -0.05) is 24.3 Å². The van der Waals surface area contributed by atoms with E-state index in [2.05, 4.69) is 10.3 Å². The van der Waals surface area contributed by atoms with Gasteiger partial charge in [0.25, 0.3) is 5.91 Å². The van der Waals surface area contributed by atoms with Gasteiger partial charge in [0, 0.05) is 36.6 Å². The first-order valence-corrected chi connectivity index (χ1v) is 10.3. The lowest BCUT2D eigenvalue weighted by Gasteiger charge is -2.30. The molecule has 3 heterocycles. The first-order valence-electron chi connectivity index (χ1n) is 9.40. The number of thiophene rings is 1. The van der Waals surface area contributed by atoms with Crippen molar-refractivity contribution in [3.63, 3.8) is 0 Å². The Morgan fingerprint density at radius 2 is 1.93 bits per heavy atom. The lowest BCUT2D eigenvalue weighted by atomic mass is 10.0. The van der Waals surface area contributed by atoms with E-state index in [4.69, 9.17) is 0 Å². The quantitative estimate of drug-likeness (QED) is 0.709. The second-order valence-corrected chi connectivity index (χ2v) is 7.90. The van der Waals surface area contributed by atoms with Gasteiger partial charge in [0.05, 0.1) is 4.88 Å². The number of nitrogens with zero attached hydrogens (tertiary/aromatic N) is 1. The zero-order chi connectivity index (χ0) is 18.6. The van der Waals surface area contributed by atoms with Crippen LogP contribution in [-0.2, 0) is 11.2 Å². The highest BCUT2D eigenvalue weighted by Gasteiger charge is 2.28. The minimum Gasteiger partial charge on any atom is -0.361 e. The van der Waals surface area contributed by atoms with E-state index in [1.165, 1.54) is 17.8 Å². The van der Waals surface area contributed by atoms with Crippen LogP contribution in [0.4, 0.5) is 0 Å². The minimum absolute atomic E-state index is 0.0184. The smallest absolute Gasteiger partial charge is 0.262 e. The van der Waals surface area contributed by atoms with E-state index in [1.807, 2.05) is 46.8 Å². The van der Waals surface area contributed by atoms with Crippen molar-refractivity contribution in [2.45, 2.75) is 31.7 Å². The van der Waals surface area contributed by atoms with Crippen LogP contribution in [0.2, 0.25) is 0 Å². The summed E-state index contributed by atoms with van der Waals surface area (Å²) in [6.45, 7) is 1.55. The molecule has 2 aromatic heterocycles. The number of benzene rings is 1. The van der Waals surface area contributed by atoms with Crippen LogP contribution in [0.15, 0.2) is 48.0 Å². The SMILES string of the molecule is O=C(NC(Cc1c[nH]c2ccccc12)C(=O)N1CCCCC1)c1cccs1. The summed E-state index contributed by atoms with van der Waals surface area (Å²) in [5.41, 5.74) is 2.09. The molecule has 4 rings (SSSR count). The molecule has 1 unspecified atom stereocenters. The number of hydrogen-bond acceptors (Lipinski definition) is 3. The lowest BCUT2D eigenvalue weighted by molar-refractivity contribution is -0.134. The monoisotopic (exact) mass is 381 g/mol. The fourth-order valence-corrected chi connectivity index (χ4v) is 4.32. The molecule has 1 saturated heterocycles. The Bertz CT molecular complexity index is 926. The van der Waals surface area contributed by atoms with Crippen molar-refractivity contribution >= 4 is 34.1 Å². The van der Waals surface area contributed by atoms with E-state index in [9.17, 15) is 9.59 Å². The maximum atomic E-state index is 13.2. The molecule has 27 heavy (non-hydrogen) atoms. The number of nitrogens with one attached hydrogen (secondary N) is 2. The van der Waals surface area contributed by atoms with E-state index in [0.29, 0.717) is 11.3 Å². The molecule has 2 amide bonds. The highest BCUT2D eigenvalue weighted by molar-refractivity contribution is 7.12. The molecular weight excluding hydrogens is 358 g/mol. The van der Waals surface area contributed by atoms with E-state index in [0.717, 1.165) is 42.4 Å². The Labute approximate surface area is 162 Å². The molecule has 1 aromatic carbocycles. The van der Waals surface area contributed by atoms with Gasteiger partial charge in [-0.05, 0) is 42.3 Å². The summed E-state index contributed by atoms with van der Waals surface area (Å²) < 4.78 is 0. The number of H-pyrrole nitrogens is 1. The second kappa shape index (κ2) is 7.96. The number of rotatable bonds is 5. The summed E-state index contributed by atoms with van der Waals surface area (Å²) in [5, 5.41) is 5.95. The predicted molar refractivity (Wildman–Crippen MR) is 108 cm³/mol. The van der Waals surface area contributed by atoms with Crippen molar-refractivity contribution < 1.29 is 9.59 Å². The summed E-state index contributed by atoms with van der Waals surface area (Å²) in [7, 11) is 0. The number of fused-ring (bicyclic) bond motifs is 1. The van der Waals surface area contributed by atoms with Gasteiger partial charge in [0.15, 0.2) is 0 Å². The number of piperidine rings is 1. The summed E-state index contributed by atoms with van der Waals surface area (Å²) >= 11 is 1.39. The molecule has 6 heteroatoms. The van der Waals surface area contributed by atoms with Crippen LogP contribution in [0.5, 0.6) is 0 Å². The van der Waals surface area contributed by atoms with Crippen molar-refractivity contribution in [3.8, 4) is 0 Å². The fourth-order valence-electron chi connectivity index (χ4n) is 3.69. The van der Waals surface area contributed by atoms with Crippen LogP contribution in [0.1, 0.15) is 34.5 Å². The van der Waals surface area contributed by atoms with Crippen LogP contribution in [-0.4, -0.2) is 40.8 Å². The zero-order valence-electron chi connectivity index (χ0n) is 15.1. The number of amides is 2. The van der Waals surface area contributed by atoms with Gasteiger partial charge in [0.2, 0.25) is 5.91 Å². The number of carbonyl (C=O) groups is 2. The normalized spacial score (nSPS) is 15.6. The van der Waals surface area contributed by atoms with Gasteiger partial charge in [0.1, 0.15) is 6.04 Å². The fraction of sp³-hybridized carbons (Fsp3) is 0.333. The number of carbonyl (C=O) groups excluding carboxylic acids is 2. The molecule has 0 radical (unpaired) electrons. The molecule has 1 aliphatic heterocycles. The Hall–Kier alpha value is -2.60. The van der Waals surface area contributed by atoms with Crippen molar-refractivity contribution in [1.82, 2.24) is 15.2 Å². The van der Waals surface area contributed by atoms with E-state index in [-0.39, 0.29) is 11.8 Å². The lowest BCUT2D eigenvalue weighted by Crippen LogP contribution is -2.50. The molecule has 2 N–H and O–H groups in total. The van der Waals surface area contributed by atoms with E-state index >= 15 is 0 Å². The third-order valence-electron chi connectivity index (χ3n) is 5.12. The topological polar surface area (TPSA) is 65.2 Å². The Kier molecular flexibility index (Phi) is 5.25. The van der Waals surface area contributed by atoms with Gasteiger partial charge in [-0.25, -0.2) is 0 Å². The van der Waals surface area contributed by atoms with Crippen LogP contribution in [0, 0.1) is 0 Å². The summed E-state index contributed by atoms with van der Waals surface area (Å²) in [5.74, 6) is -0.162. The summed E-state index contributed by atoms with van der Waals surface area (Å²) in [6.07, 6.45) is 5.65. The molecule has 1 fully saturated rings. The van der Waals surface area contributed by atoms with Gasteiger partial charge in [-0.15, -0.1) is 11.3 Å². The molecule has 0 bridgehead atoms. The minimum atomic E-state index is -0.558. The van der Waals surface area contributed by atoms with Gasteiger partial charge >= 0.3 is 0 Å². The Morgan fingerprint density at radius 3 is 2.70 bits per heavy atom. The van der Waals surface area contributed by atoms with Gasteiger partial charge < -0.3 is 15.2 Å². The highest BCUT2D eigenvalue weighted by atomic mass is 32.1. The summed E-state index contributed by atoms with van der Waals surface area (Å²) in [4.78, 5) is 31.6. The number of para-hydroxylation sites is 1. The van der Waals surface area contributed by atoms with E-state index in [1.54, 1.807) is 6.07 Å². The number of aromatic amines is 1. The van der Waals surface area contributed by atoms with Crippen LogP contribution >= 0.6 is 11.3 Å². The van der Waals surface area contributed by atoms with Gasteiger partial charge in [-0.2, -0.15) is 0 Å². The maximum Gasteiger partial charge on any atom is 0.262 e. The van der Waals surface area contributed by atoms with Crippen molar-refractivity contribution in [1.29, 1.82) is 0 Å². The highest BCUT2D eigenvalue weighted by Crippen LogP contribution is 2.21. The van der Waals surface area contributed by atoms with Crippen molar-refractivity contribution in [2.24, 2.45) is 0 Å². The first-order chi connectivity index (χ1) is 13.2. The van der Waals surface area contributed by atoms with Crippen LogP contribution < -0.4 is 5.32 Å². The Morgan fingerprint density at radius 1 is 1.11 bits per heavy atom. The molecule has 1 aliphatic rings. The zero-order valence-corrected chi connectivity index (χ0v) is 15.9. The molecule has 5 nitrogen and oxygen atoms in total. The maximum absolute atomic E-state index is 13.2. The van der Waals surface area contributed by atoms with Crippen molar-refractivity contribution in [2.75, 3.05) is 13.1 Å². The molecule has 0 spiro atoms. The third kappa shape index (κ3) is 3.90. The molecule has 1 atom stereocenters. The largest absolute Gasteiger partial charge is 0.361 e. The summed E-state index contributed by atoms with van der Waals surface area (Å²) in [6, 6.07) is 11.1. The third-order valence-corrected chi connectivity index (χ3v) is 5.98. The van der Waals surface area contributed by atoms with Crippen molar-refractivity contribution in [3.05, 3.63) is 58.4 Å². The average Bonchev–Trinajstić information content (AvgIpc) is 3.38. The van der Waals surface area contributed by atoms with Crippen LogP contribution in [0.25, 0.3) is 10.9 Å². The number of hydrogen-bond donors (Lipinski definition) is 2. The Balaban J connectivity index is 1.58. The molecule has 0 aliphatic carbocycles. The molecule has 0 saturated carbocycles. The number of aromatic nitrogens is 1. The second-order valence-electron chi connectivity index (χ2n) is 6.95. The van der Waals surface area contributed by atoms with Gasteiger partial charge in [-0.3, -0.25) is 9.59 Å². The van der Waals surface area contributed by atoms with E-state index < -0.39 is 6.04 Å². The standard InChI is InChI=1S/C21H23N3O2S/c25-20(19-9-6-12-27-19)23-18(21(26)24-10-4-1-5-11-24)13-15-14-22-17-8-3-2-7-16(15)17/h2-3,6-9,12,14,18,22H,1,4-5,10-11,13H2,(H,23,25). The molecule has 3 aromatic rings. The first kappa shape index (κ1) is 17.8. The molecule has 140 valence electrons. The number of likely N-dealkylation sites (tertiary alicyclic amines) is 1. The van der Waals surface area contributed by atoms with Crippen LogP contribution in [0.3, 0.4) is 0 Å². The molecular formula is C21H23N3O2S. The predicted octanol–water partition coefficient (Wildman–Crippen LogP) is 3.58. The average molecular weight is 382 g/mol.